The number of nitrogens with one attached hydrogen (secondary N) is 1. The minimum Gasteiger partial charge on any atom is -0.348 e. The van der Waals surface area contributed by atoms with E-state index in [-0.39, 0.29) is 12.1 Å². The summed E-state index contributed by atoms with van der Waals surface area (Å²) in [5, 5.41) is 13.3. The Morgan fingerprint density at radius 1 is 1.22 bits per heavy atom. The third kappa shape index (κ3) is 4.44. The molecule has 0 bridgehead atoms. The number of nitro benzene ring substituents is 1. The monoisotopic (exact) mass is 318 g/mol. The molecule has 0 radical (unpaired) electrons. The van der Waals surface area contributed by atoms with Gasteiger partial charge in [0.2, 0.25) is 5.91 Å². The molecule has 7 heteroatoms. The highest BCUT2D eigenvalue weighted by atomic mass is 19.1. The Kier molecular flexibility index (Phi) is 5.14. The Labute approximate surface area is 130 Å². The molecule has 1 N–H and O–H groups in total. The van der Waals surface area contributed by atoms with Crippen LogP contribution in [0, 0.1) is 21.7 Å². The van der Waals surface area contributed by atoms with E-state index >= 15 is 0 Å². The number of halogens is 2. The number of benzene rings is 2. The molecule has 0 aliphatic rings. The van der Waals surface area contributed by atoms with E-state index in [9.17, 15) is 23.7 Å². The minimum atomic E-state index is -0.738. The predicted molar refractivity (Wildman–Crippen MR) is 80.3 cm³/mol. The molecule has 0 saturated heterocycles. The molecule has 0 heterocycles. The lowest BCUT2D eigenvalue weighted by Crippen LogP contribution is -2.20. The zero-order valence-electron chi connectivity index (χ0n) is 11.8. The van der Waals surface area contributed by atoms with E-state index in [0.29, 0.717) is 5.56 Å². The number of hydrogen-bond donors (Lipinski definition) is 1. The van der Waals surface area contributed by atoms with Crippen LogP contribution < -0.4 is 5.32 Å². The highest BCUT2D eigenvalue weighted by Crippen LogP contribution is 2.20. The van der Waals surface area contributed by atoms with Gasteiger partial charge < -0.3 is 5.32 Å². The Bertz CT molecular complexity index is 776. The number of rotatable bonds is 5. The van der Waals surface area contributed by atoms with E-state index < -0.39 is 28.2 Å². The second-order valence-corrected chi connectivity index (χ2v) is 4.60. The maximum Gasteiger partial charge on any atom is 0.279 e. The fourth-order valence-electron chi connectivity index (χ4n) is 1.86. The maximum atomic E-state index is 13.4. The molecule has 0 atom stereocenters. The molecule has 0 spiro atoms. The fraction of sp³-hybridized carbons (Fsp3) is 0.0625. The number of carbonyl (C=O) groups is 1. The predicted octanol–water partition coefficient (Wildman–Crippen LogP) is 3.20. The molecular weight excluding hydrogens is 306 g/mol. The molecule has 5 nitrogen and oxygen atoms in total. The van der Waals surface area contributed by atoms with Gasteiger partial charge in [0.05, 0.1) is 16.6 Å². The molecule has 118 valence electrons. The Morgan fingerprint density at radius 2 is 1.96 bits per heavy atom. The number of amides is 1. The lowest BCUT2D eigenvalue weighted by atomic mass is 10.1. The second-order valence-electron chi connectivity index (χ2n) is 4.60. The molecule has 0 aliphatic carbocycles. The molecule has 2 rings (SSSR count). The van der Waals surface area contributed by atoms with Gasteiger partial charge in [-0.05, 0) is 24.3 Å². The number of hydrogen-bond acceptors (Lipinski definition) is 3. The van der Waals surface area contributed by atoms with Crippen LogP contribution in [0.25, 0.3) is 6.08 Å². The van der Waals surface area contributed by atoms with Gasteiger partial charge >= 0.3 is 0 Å². The quantitative estimate of drug-likeness (QED) is 0.523. The van der Waals surface area contributed by atoms with Gasteiger partial charge in [-0.3, -0.25) is 14.9 Å². The molecule has 0 fully saturated rings. The first-order valence-electron chi connectivity index (χ1n) is 6.60. The Hall–Kier alpha value is -3.09. The van der Waals surface area contributed by atoms with Crippen molar-refractivity contribution in [2.75, 3.05) is 0 Å². The summed E-state index contributed by atoms with van der Waals surface area (Å²) in [6.07, 6.45) is 2.27. The summed E-state index contributed by atoms with van der Waals surface area (Å²) in [6, 6.07) is 9.02. The van der Waals surface area contributed by atoms with Gasteiger partial charge in [0.15, 0.2) is 0 Å². The van der Waals surface area contributed by atoms with E-state index in [4.69, 9.17) is 0 Å². The van der Waals surface area contributed by atoms with Crippen molar-refractivity contribution in [2.45, 2.75) is 6.54 Å². The van der Waals surface area contributed by atoms with Gasteiger partial charge in [-0.15, -0.1) is 0 Å². The summed E-state index contributed by atoms with van der Waals surface area (Å²) in [7, 11) is 0. The number of carbonyl (C=O) groups excluding carboxylic acids is 1. The van der Waals surface area contributed by atoms with E-state index in [2.05, 4.69) is 5.32 Å². The van der Waals surface area contributed by atoms with Crippen LogP contribution in [0.15, 0.2) is 48.5 Å². The number of nitrogens with zero attached hydrogens (tertiary/aromatic N) is 1. The van der Waals surface area contributed by atoms with Gasteiger partial charge in [0, 0.05) is 18.2 Å². The molecule has 0 unspecified atom stereocenters. The smallest absolute Gasteiger partial charge is 0.279 e. The van der Waals surface area contributed by atoms with Crippen molar-refractivity contribution in [1.29, 1.82) is 0 Å². The van der Waals surface area contributed by atoms with Crippen molar-refractivity contribution in [3.63, 3.8) is 0 Å². The molecular formula is C16H12F2N2O3. The molecule has 0 saturated carbocycles. The highest BCUT2D eigenvalue weighted by Gasteiger charge is 2.12. The first-order chi connectivity index (χ1) is 11.0. The third-order valence-electron chi connectivity index (χ3n) is 3.01. The standard InChI is InChI=1S/C16H12F2N2O3/c17-13-7-5-11(15(9-13)20(22)23)6-8-16(21)19-10-12-3-1-2-4-14(12)18/h1-9H,10H2,(H,19,21). The summed E-state index contributed by atoms with van der Waals surface area (Å²) in [5.74, 6) is -1.73. The Balaban J connectivity index is 2.04. The van der Waals surface area contributed by atoms with Crippen LogP contribution >= 0.6 is 0 Å². The van der Waals surface area contributed by atoms with Gasteiger partial charge in [-0.2, -0.15) is 0 Å². The van der Waals surface area contributed by atoms with Gasteiger partial charge in [0.25, 0.3) is 5.69 Å². The summed E-state index contributed by atoms with van der Waals surface area (Å²) in [6.45, 7) is -0.0125. The highest BCUT2D eigenvalue weighted by molar-refractivity contribution is 5.92. The van der Waals surface area contributed by atoms with Crippen LogP contribution in [0.2, 0.25) is 0 Å². The van der Waals surface area contributed by atoms with Gasteiger partial charge in [-0.1, -0.05) is 18.2 Å². The Morgan fingerprint density at radius 3 is 2.65 bits per heavy atom. The van der Waals surface area contributed by atoms with Crippen LogP contribution in [-0.2, 0) is 11.3 Å². The lowest BCUT2D eigenvalue weighted by molar-refractivity contribution is -0.385. The van der Waals surface area contributed by atoms with Crippen molar-refractivity contribution in [3.05, 3.63) is 81.4 Å². The molecule has 2 aromatic rings. The first kappa shape index (κ1) is 16.3. The average molecular weight is 318 g/mol. The maximum absolute atomic E-state index is 13.4. The fourth-order valence-corrected chi connectivity index (χ4v) is 1.86. The summed E-state index contributed by atoms with van der Waals surface area (Å²) < 4.78 is 26.4. The molecule has 1 amide bonds. The van der Waals surface area contributed by atoms with Crippen molar-refractivity contribution in [3.8, 4) is 0 Å². The molecule has 23 heavy (non-hydrogen) atoms. The minimum absolute atomic E-state index is 0.0125. The lowest BCUT2D eigenvalue weighted by Gasteiger charge is -2.03. The van der Waals surface area contributed by atoms with Gasteiger partial charge in [-0.25, -0.2) is 8.78 Å². The van der Waals surface area contributed by atoms with Crippen LogP contribution in [0.4, 0.5) is 14.5 Å². The summed E-state index contributed by atoms with van der Waals surface area (Å²) in [4.78, 5) is 21.8. The van der Waals surface area contributed by atoms with E-state index in [0.717, 1.165) is 18.2 Å². The number of nitro groups is 1. The largest absolute Gasteiger partial charge is 0.348 e. The van der Waals surface area contributed by atoms with Crippen molar-refractivity contribution in [1.82, 2.24) is 5.32 Å². The molecule has 0 aromatic heterocycles. The van der Waals surface area contributed by atoms with Gasteiger partial charge in [0.1, 0.15) is 11.6 Å². The first-order valence-corrected chi connectivity index (χ1v) is 6.60. The van der Waals surface area contributed by atoms with Crippen LogP contribution in [0.1, 0.15) is 11.1 Å². The average Bonchev–Trinajstić information content (AvgIpc) is 2.52. The van der Waals surface area contributed by atoms with E-state index in [1.165, 1.54) is 30.3 Å². The second kappa shape index (κ2) is 7.26. The van der Waals surface area contributed by atoms with Crippen molar-refractivity contribution in [2.24, 2.45) is 0 Å². The van der Waals surface area contributed by atoms with Crippen LogP contribution in [-0.4, -0.2) is 10.8 Å². The van der Waals surface area contributed by atoms with Crippen LogP contribution in [0.3, 0.4) is 0 Å². The third-order valence-corrected chi connectivity index (χ3v) is 3.01. The van der Waals surface area contributed by atoms with Crippen molar-refractivity contribution < 1.29 is 18.5 Å². The SMILES string of the molecule is O=C(C=Cc1ccc(F)cc1[N+](=O)[O-])NCc1ccccc1F. The normalized spacial score (nSPS) is 10.7. The van der Waals surface area contributed by atoms with Crippen molar-refractivity contribution >= 4 is 17.7 Å². The summed E-state index contributed by atoms with van der Waals surface area (Å²) >= 11 is 0. The summed E-state index contributed by atoms with van der Waals surface area (Å²) in [5.41, 5.74) is -0.0254. The van der Waals surface area contributed by atoms with Crippen LogP contribution in [0.5, 0.6) is 0 Å². The zero-order chi connectivity index (χ0) is 16.8. The van der Waals surface area contributed by atoms with E-state index in [1.807, 2.05) is 0 Å². The zero-order valence-corrected chi connectivity index (χ0v) is 11.8. The van der Waals surface area contributed by atoms with E-state index in [1.54, 1.807) is 6.07 Å². The topological polar surface area (TPSA) is 72.2 Å². The molecule has 2 aromatic carbocycles. The molecule has 0 aliphatic heterocycles.